The third-order valence-corrected chi connectivity index (χ3v) is 0.957. The van der Waals surface area contributed by atoms with E-state index in [4.69, 9.17) is 5.11 Å². The molecule has 0 heterocycles. The molecule has 0 aromatic carbocycles. The van der Waals surface area contributed by atoms with Gasteiger partial charge in [0, 0.05) is 0 Å². The first-order valence-electron chi connectivity index (χ1n) is 3.32. The van der Waals surface area contributed by atoms with Crippen molar-refractivity contribution in [2.24, 2.45) is 0 Å². The van der Waals surface area contributed by atoms with Crippen LogP contribution in [0.4, 0.5) is 0 Å². The van der Waals surface area contributed by atoms with Gasteiger partial charge in [-0.05, 0) is 0 Å². The fourth-order valence-electron chi connectivity index (χ4n) is 0.500. The summed E-state index contributed by atoms with van der Waals surface area (Å²) < 4.78 is 0. The molecule has 0 saturated carbocycles. The third-order valence-electron chi connectivity index (χ3n) is 0.957. The minimum Gasteiger partial charge on any atom is -0.857 e. The predicted molar refractivity (Wildman–Crippen MR) is 35.7 cm³/mol. The van der Waals surface area contributed by atoms with Crippen LogP contribution in [-0.2, 0) is 0 Å². The summed E-state index contributed by atoms with van der Waals surface area (Å²) in [7, 11) is 0.750. The zero-order chi connectivity index (χ0) is 6.83. The summed E-state index contributed by atoms with van der Waals surface area (Å²) >= 11 is 0. The van der Waals surface area contributed by atoms with Gasteiger partial charge in [0.25, 0.3) is 0 Å². The monoisotopic (exact) mass is 140 g/mol. The van der Waals surface area contributed by atoms with Gasteiger partial charge in [-0.2, -0.15) is 7.11 Å². The quantitative estimate of drug-likeness (QED) is 0.348. The van der Waals surface area contributed by atoms with E-state index in [2.05, 4.69) is 13.8 Å². The molecule has 0 aliphatic carbocycles. The van der Waals surface area contributed by atoms with Crippen molar-refractivity contribution in [1.82, 2.24) is 0 Å². The maximum Gasteiger partial charge on any atom is 1.00 e. The summed E-state index contributed by atoms with van der Waals surface area (Å²) in [5.41, 5.74) is 0. The number of hydrogen-bond acceptors (Lipinski definition) is 1. The second-order valence-corrected chi connectivity index (χ2v) is 1.71. The van der Waals surface area contributed by atoms with Gasteiger partial charge in [0.05, 0.1) is 0 Å². The summed E-state index contributed by atoms with van der Waals surface area (Å²) in [4.78, 5) is 0. The molecule has 0 fully saturated rings. The molecule has 0 atom stereocenters. The summed E-state index contributed by atoms with van der Waals surface area (Å²) in [6, 6.07) is 0. The standard InChI is InChI=1S/C6H14.CH3O.Na/c1-3-5-6-4-2;1-2;/h3-6H2,1-2H3;1H3;/q;-1;+1. The maximum absolute atomic E-state index is 8.25. The van der Waals surface area contributed by atoms with Crippen molar-refractivity contribution in [2.45, 2.75) is 39.5 Å². The Morgan fingerprint density at radius 3 is 1.22 bits per heavy atom. The van der Waals surface area contributed by atoms with E-state index in [1.54, 1.807) is 0 Å². The molecule has 0 rings (SSSR count). The Kier molecular flexibility index (Phi) is 42.3. The van der Waals surface area contributed by atoms with Crippen LogP contribution in [0.2, 0.25) is 0 Å². The Morgan fingerprint density at radius 1 is 0.889 bits per heavy atom. The summed E-state index contributed by atoms with van der Waals surface area (Å²) in [6.45, 7) is 4.46. The first kappa shape index (κ1) is 16.5. The third kappa shape index (κ3) is 27.7. The molecule has 1 nitrogen and oxygen atoms in total. The first-order valence-corrected chi connectivity index (χ1v) is 3.32. The molecule has 0 N–H and O–H groups in total. The van der Waals surface area contributed by atoms with E-state index >= 15 is 0 Å². The molecule has 0 aromatic heterocycles. The molecule has 9 heavy (non-hydrogen) atoms. The van der Waals surface area contributed by atoms with Crippen LogP contribution in [0.1, 0.15) is 39.5 Å². The van der Waals surface area contributed by atoms with Crippen molar-refractivity contribution in [3.63, 3.8) is 0 Å². The second-order valence-electron chi connectivity index (χ2n) is 1.71. The van der Waals surface area contributed by atoms with Crippen molar-refractivity contribution >= 4 is 0 Å². The van der Waals surface area contributed by atoms with Gasteiger partial charge in [-0.3, -0.25) is 0 Å². The van der Waals surface area contributed by atoms with E-state index in [0.29, 0.717) is 0 Å². The average molecular weight is 140 g/mol. The van der Waals surface area contributed by atoms with E-state index in [-0.39, 0.29) is 29.6 Å². The van der Waals surface area contributed by atoms with Crippen LogP contribution in [0.25, 0.3) is 0 Å². The van der Waals surface area contributed by atoms with Gasteiger partial charge >= 0.3 is 29.6 Å². The zero-order valence-electron chi connectivity index (χ0n) is 7.24. The molecule has 0 bridgehead atoms. The van der Waals surface area contributed by atoms with Gasteiger partial charge in [-0.1, -0.05) is 39.5 Å². The van der Waals surface area contributed by atoms with Gasteiger partial charge in [-0.15, -0.1) is 0 Å². The Labute approximate surface area is 81.1 Å². The average Bonchev–Trinajstić information content (AvgIpc) is 1.88. The molecular weight excluding hydrogens is 123 g/mol. The topological polar surface area (TPSA) is 23.1 Å². The smallest absolute Gasteiger partial charge is 0.857 e. The number of rotatable bonds is 3. The first-order chi connectivity index (χ1) is 3.91. The van der Waals surface area contributed by atoms with E-state index in [1.165, 1.54) is 25.7 Å². The van der Waals surface area contributed by atoms with Crippen molar-refractivity contribution in [3.8, 4) is 0 Å². The Morgan fingerprint density at radius 2 is 1.11 bits per heavy atom. The fraction of sp³-hybridized carbons (Fsp3) is 1.00. The molecule has 0 radical (unpaired) electrons. The van der Waals surface area contributed by atoms with E-state index in [9.17, 15) is 0 Å². The van der Waals surface area contributed by atoms with Crippen LogP contribution >= 0.6 is 0 Å². The molecule has 0 aliphatic heterocycles. The Balaban J connectivity index is -0.000000109. The Bertz CT molecular complexity index is 20.9. The molecule has 0 saturated heterocycles. The molecule has 0 aromatic rings. The van der Waals surface area contributed by atoms with Gasteiger partial charge in [0.2, 0.25) is 0 Å². The molecule has 0 aliphatic rings. The van der Waals surface area contributed by atoms with Crippen LogP contribution in [-0.4, -0.2) is 7.11 Å². The van der Waals surface area contributed by atoms with E-state index in [0.717, 1.165) is 7.11 Å². The van der Waals surface area contributed by atoms with Crippen LogP contribution in [0.5, 0.6) is 0 Å². The molecule has 52 valence electrons. The van der Waals surface area contributed by atoms with Crippen molar-refractivity contribution < 1.29 is 34.7 Å². The fourth-order valence-corrected chi connectivity index (χ4v) is 0.500. The minimum absolute atomic E-state index is 0. The summed E-state index contributed by atoms with van der Waals surface area (Å²) in [5.74, 6) is 0. The molecular formula is C7H17NaO. The zero-order valence-corrected chi connectivity index (χ0v) is 9.24. The summed E-state index contributed by atoms with van der Waals surface area (Å²) in [5, 5.41) is 8.25. The van der Waals surface area contributed by atoms with Crippen molar-refractivity contribution in [1.29, 1.82) is 0 Å². The molecule has 2 heteroatoms. The van der Waals surface area contributed by atoms with Crippen LogP contribution in [0, 0.1) is 0 Å². The van der Waals surface area contributed by atoms with Crippen molar-refractivity contribution in [2.75, 3.05) is 7.11 Å². The van der Waals surface area contributed by atoms with E-state index in [1.807, 2.05) is 0 Å². The van der Waals surface area contributed by atoms with Gasteiger partial charge in [0.15, 0.2) is 0 Å². The van der Waals surface area contributed by atoms with Gasteiger partial charge < -0.3 is 5.11 Å². The summed E-state index contributed by atoms with van der Waals surface area (Å²) in [6.07, 6.45) is 5.54. The maximum atomic E-state index is 8.25. The SMILES string of the molecule is CCCCCC.C[O-].[Na+]. The number of unbranched alkanes of at least 4 members (excludes halogenated alkanes) is 3. The predicted octanol–water partition coefficient (Wildman–Crippen LogP) is -1.43. The van der Waals surface area contributed by atoms with Crippen molar-refractivity contribution in [3.05, 3.63) is 0 Å². The normalized spacial score (nSPS) is 6.67. The van der Waals surface area contributed by atoms with Crippen LogP contribution in [0.3, 0.4) is 0 Å². The number of hydrogen-bond donors (Lipinski definition) is 0. The molecule has 0 unspecified atom stereocenters. The van der Waals surface area contributed by atoms with Gasteiger partial charge in [0.1, 0.15) is 0 Å². The second kappa shape index (κ2) is 23.1. The van der Waals surface area contributed by atoms with E-state index < -0.39 is 0 Å². The molecule has 0 spiro atoms. The van der Waals surface area contributed by atoms with Gasteiger partial charge in [-0.25, -0.2) is 0 Å². The minimum atomic E-state index is 0. The van der Waals surface area contributed by atoms with Crippen LogP contribution in [0.15, 0.2) is 0 Å². The van der Waals surface area contributed by atoms with Crippen LogP contribution < -0.4 is 34.7 Å². The Hall–Kier alpha value is 0.960. The molecule has 0 amide bonds. The largest absolute Gasteiger partial charge is 1.00 e.